The lowest BCUT2D eigenvalue weighted by molar-refractivity contribution is -0.133. The second-order valence-corrected chi connectivity index (χ2v) is 8.37. The Morgan fingerprint density at radius 2 is 1.90 bits per heavy atom. The van der Waals surface area contributed by atoms with Crippen molar-refractivity contribution in [2.75, 3.05) is 20.2 Å². The lowest BCUT2D eigenvalue weighted by atomic mass is 9.87. The van der Waals surface area contributed by atoms with E-state index >= 15 is 0 Å². The van der Waals surface area contributed by atoms with Crippen molar-refractivity contribution in [2.45, 2.75) is 64.3 Å². The molecular formula is C23H31N3O3. The lowest BCUT2D eigenvalue weighted by Gasteiger charge is -2.36. The molecule has 0 aliphatic carbocycles. The molecule has 3 amide bonds. The Morgan fingerprint density at radius 3 is 2.66 bits per heavy atom. The molecule has 1 N–H and O–H groups in total. The molecule has 0 bridgehead atoms. The Bertz CT molecular complexity index is 935. The van der Waals surface area contributed by atoms with E-state index in [9.17, 15) is 9.59 Å². The van der Waals surface area contributed by atoms with Gasteiger partial charge in [0.2, 0.25) is 0 Å². The highest BCUT2D eigenvalue weighted by atomic mass is 16.5. The van der Waals surface area contributed by atoms with Gasteiger partial charge in [-0.1, -0.05) is 39.0 Å². The number of imide groups is 1. The SMILES string of the molecule is CCCCCCCCN1C(=O)N2CCc3c([nH]c4ccc(OC)cc34)[C@@]2(C)C1=O. The summed E-state index contributed by atoms with van der Waals surface area (Å²) in [5.74, 6) is 0.695. The molecule has 1 aromatic heterocycles. The molecule has 0 spiro atoms. The first-order valence-corrected chi connectivity index (χ1v) is 10.8. The van der Waals surface area contributed by atoms with Gasteiger partial charge in [0.05, 0.1) is 12.8 Å². The smallest absolute Gasteiger partial charge is 0.327 e. The molecular weight excluding hydrogens is 366 g/mol. The van der Waals surface area contributed by atoms with E-state index < -0.39 is 5.54 Å². The number of amides is 3. The molecule has 2 aliphatic rings. The highest BCUT2D eigenvalue weighted by Crippen LogP contribution is 2.44. The van der Waals surface area contributed by atoms with Gasteiger partial charge in [0.15, 0.2) is 5.54 Å². The molecule has 1 atom stereocenters. The van der Waals surface area contributed by atoms with Crippen molar-refractivity contribution >= 4 is 22.8 Å². The number of aromatic amines is 1. The number of rotatable bonds is 8. The Labute approximate surface area is 172 Å². The minimum absolute atomic E-state index is 0.101. The third-order valence-electron chi connectivity index (χ3n) is 6.58. The molecule has 6 nitrogen and oxygen atoms in total. The number of aromatic nitrogens is 1. The molecule has 4 rings (SSSR count). The standard InChI is InChI=1S/C23H31N3O3/c1-4-5-6-7-8-9-13-25-21(27)23(2)20-17(12-14-26(23)22(25)28)18-15-16(29-3)10-11-19(18)24-20/h10-11,15,24H,4-9,12-14H2,1-3H3/t23-/m0/s1. The number of ether oxygens (including phenoxy) is 1. The molecule has 6 heteroatoms. The molecule has 2 aromatic rings. The van der Waals surface area contributed by atoms with E-state index in [4.69, 9.17) is 4.74 Å². The van der Waals surface area contributed by atoms with Crippen LogP contribution in [0.2, 0.25) is 0 Å². The molecule has 0 saturated carbocycles. The summed E-state index contributed by atoms with van der Waals surface area (Å²) in [6.07, 6.45) is 7.54. The normalized spacial score (nSPS) is 21.1. The van der Waals surface area contributed by atoms with E-state index in [-0.39, 0.29) is 11.9 Å². The van der Waals surface area contributed by atoms with Crippen LogP contribution in [0.1, 0.15) is 63.6 Å². The number of benzene rings is 1. The van der Waals surface area contributed by atoms with Gasteiger partial charge in [-0.25, -0.2) is 4.79 Å². The first-order valence-electron chi connectivity index (χ1n) is 10.8. The molecule has 1 aromatic carbocycles. The summed E-state index contributed by atoms with van der Waals surface area (Å²) in [7, 11) is 1.66. The second-order valence-electron chi connectivity index (χ2n) is 8.37. The zero-order valence-electron chi connectivity index (χ0n) is 17.7. The van der Waals surface area contributed by atoms with Crippen molar-refractivity contribution in [1.82, 2.24) is 14.8 Å². The summed E-state index contributed by atoms with van der Waals surface area (Å²) >= 11 is 0. The molecule has 29 heavy (non-hydrogen) atoms. The molecule has 3 heterocycles. The van der Waals surface area contributed by atoms with Gasteiger partial charge in [-0.15, -0.1) is 0 Å². The van der Waals surface area contributed by atoms with Crippen LogP contribution in [-0.2, 0) is 16.8 Å². The third kappa shape index (κ3) is 3.09. The monoisotopic (exact) mass is 397 g/mol. The number of nitrogens with zero attached hydrogens (tertiary/aromatic N) is 2. The van der Waals surface area contributed by atoms with Crippen LogP contribution in [0.25, 0.3) is 10.9 Å². The number of urea groups is 1. The molecule has 1 saturated heterocycles. The van der Waals surface area contributed by atoms with Gasteiger partial charge in [-0.3, -0.25) is 9.69 Å². The van der Waals surface area contributed by atoms with Gasteiger partial charge in [-0.05, 0) is 43.5 Å². The maximum atomic E-state index is 13.4. The number of carbonyl (C=O) groups is 2. The fraction of sp³-hybridized carbons (Fsp3) is 0.565. The number of carbonyl (C=O) groups excluding carboxylic acids is 2. The predicted molar refractivity (Wildman–Crippen MR) is 113 cm³/mol. The Morgan fingerprint density at radius 1 is 1.14 bits per heavy atom. The van der Waals surface area contributed by atoms with E-state index in [0.717, 1.165) is 47.2 Å². The van der Waals surface area contributed by atoms with Gasteiger partial charge < -0.3 is 14.6 Å². The van der Waals surface area contributed by atoms with E-state index in [1.807, 2.05) is 25.1 Å². The summed E-state index contributed by atoms with van der Waals surface area (Å²) < 4.78 is 5.38. The Balaban J connectivity index is 1.58. The summed E-state index contributed by atoms with van der Waals surface area (Å²) in [6.45, 7) is 5.16. The highest BCUT2D eigenvalue weighted by molar-refractivity contribution is 6.08. The van der Waals surface area contributed by atoms with Gasteiger partial charge in [0.25, 0.3) is 5.91 Å². The number of methoxy groups -OCH3 is 1. The number of fused-ring (bicyclic) bond motifs is 5. The van der Waals surface area contributed by atoms with Crippen LogP contribution in [0.3, 0.4) is 0 Å². The number of hydrogen-bond acceptors (Lipinski definition) is 3. The molecule has 1 fully saturated rings. The maximum absolute atomic E-state index is 13.4. The van der Waals surface area contributed by atoms with Gasteiger partial charge in [-0.2, -0.15) is 0 Å². The van der Waals surface area contributed by atoms with Gasteiger partial charge in [0.1, 0.15) is 5.75 Å². The van der Waals surface area contributed by atoms with E-state index in [0.29, 0.717) is 13.1 Å². The van der Waals surface area contributed by atoms with E-state index in [1.165, 1.54) is 30.6 Å². The van der Waals surface area contributed by atoms with Crippen LogP contribution in [-0.4, -0.2) is 46.9 Å². The number of hydrogen-bond donors (Lipinski definition) is 1. The highest BCUT2D eigenvalue weighted by Gasteiger charge is 2.58. The number of nitrogens with one attached hydrogen (secondary N) is 1. The zero-order chi connectivity index (χ0) is 20.6. The number of unbranched alkanes of at least 4 members (excludes halogenated alkanes) is 5. The molecule has 0 radical (unpaired) electrons. The van der Waals surface area contributed by atoms with Crippen molar-refractivity contribution in [3.63, 3.8) is 0 Å². The van der Waals surface area contributed by atoms with Crippen molar-refractivity contribution in [1.29, 1.82) is 0 Å². The van der Waals surface area contributed by atoms with Crippen LogP contribution < -0.4 is 4.74 Å². The average Bonchev–Trinajstić information content (AvgIpc) is 3.19. The summed E-state index contributed by atoms with van der Waals surface area (Å²) in [4.78, 5) is 33.1. The Kier molecular flexibility index (Phi) is 5.28. The van der Waals surface area contributed by atoms with E-state index in [1.54, 1.807) is 12.0 Å². The van der Waals surface area contributed by atoms with Crippen LogP contribution in [0.4, 0.5) is 4.79 Å². The van der Waals surface area contributed by atoms with Gasteiger partial charge >= 0.3 is 6.03 Å². The maximum Gasteiger partial charge on any atom is 0.327 e. The van der Waals surface area contributed by atoms with Crippen LogP contribution in [0, 0.1) is 0 Å². The van der Waals surface area contributed by atoms with Gasteiger partial charge in [0, 0.05) is 24.0 Å². The number of H-pyrrole nitrogens is 1. The predicted octanol–water partition coefficient (Wildman–Crippen LogP) is 4.57. The van der Waals surface area contributed by atoms with Crippen LogP contribution >= 0.6 is 0 Å². The fourth-order valence-corrected chi connectivity index (χ4v) is 4.86. The first kappa shape index (κ1) is 19.8. The van der Waals surface area contributed by atoms with Crippen molar-refractivity contribution in [3.8, 4) is 5.75 Å². The third-order valence-corrected chi connectivity index (χ3v) is 6.58. The topological polar surface area (TPSA) is 65.6 Å². The molecule has 0 unspecified atom stereocenters. The summed E-state index contributed by atoms with van der Waals surface area (Å²) in [5.41, 5.74) is 2.02. The van der Waals surface area contributed by atoms with E-state index in [2.05, 4.69) is 11.9 Å². The van der Waals surface area contributed by atoms with Crippen LogP contribution in [0.15, 0.2) is 18.2 Å². The largest absolute Gasteiger partial charge is 0.497 e. The van der Waals surface area contributed by atoms with Crippen LogP contribution in [0.5, 0.6) is 5.75 Å². The minimum Gasteiger partial charge on any atom is -0.497 e. The molecule has 2 aliphatic heterocycles. The fourth-order valence-electron chi connectivity index (χ4n) is 4.86. The summed E-state index contributed by atoms with van der Waals surface area (Å²) in [5, 5.41) is 1.08. The van der Waals surface area contributed by atoms with Crippen molar-refractivity contribution < 1.29 is 14.3 Å². The molecule has 156 valence electrons. The minimum atomic E-state index is -0.945. The van der Waals surface area contributed by atoms with Crippen molar-refractivity contribution in [2.24, 2.45) is 0 Å². The Hall–Kier alpha value is -2.50. The quantitative estimate of drug-likeness (QED) is 0.524. The lowest BCUT2D eigenvalue weighted by Crippen LogP contribution is -2.49. The van der Waals surface area contributed by atoms with Crippen molar-refractivity contribution in [3.05, 3.63) is 29.5 Å². The zero-order valence-corrected chi connectivity index (χ0v) is 17.7. The average molecular weight is 398 g/mol. The second kappa shape index (κ2) is 7.73. The summed E-state index contributed by atoms with van der Waals surface area (Å²) in [6, 6.07) is 5.76. The first-order chi connectivity index (χ1) is 14.0.